The second kappa shape index (κ2) is 8.93. The molecular formula is C21H33N5OS. The predicted octanol–water partition coefficient (Wildman–Crippen LogP) is 2.59. The van der Waals surface area contributed by atoms with Gasteiger partial charge in [-0.3, -0.25) is 9.20 Å². The second-order valence-corrected chi connectivity index (χ2v) is 9.32. The van der Waals surface area contributed by atoms with E-state index in [-0.39, 0.29) is 5.91 Å². The zero-order chi connectivity index (χ0) is 19.5. The van der Waals surface area contributed by atoms with Crippen LogP contribution >= 0.6 is 11.3 Å². The van der Waals surface area contributed by atoms with Crippen LogP contribution in [0.4, 0.5) is 0 Å². The van der Waals surface area contributed by atoms with Gasteiger partial charge in [-0.15, -0.1) is 11.3 Å². The van der Waals surface area contributed by atoms with E-state index in [0.29, 0.717) is 12.3 Å². The molecule has 2 aliphatic heterocycles. The van der Waals surface area contributed by atoms with Crippen LogP contribution in [0.5, 0.6) is 0 Å². The Balaban J connectivity index is 1.25. The summed E-state index contributed by atoms with van der Waals surface area (Å²) in [5.74, 6) is 0.850. The number of piperidine rings is 2. The Labute approximate surface area is 172 Å². The summed E-state index contributed by atoms with van der Waals surface area (Å²) in [7, 11) is 2.23. The Kier molecular flexibility index (Phi) is 6.33. The van der Waals surface area contributed by atoms with Gasteiger partial charge in [-0.2, -0.15) is 0 Å². The van der Waals surface area contributed by atoms with Crippen LogP contribution in [0.3, 0.4) is 0 Å². The lowest BCUT2D eigenvalue weighted by molar-refractivity contribution is -0.131. The molecule has 28 heavy (non-hydrogen) atoms. The maximum atomic E-state index is 12.8. The SMILES string of the molecule is CCN(CC1CCN(C2CCN(C)CC2)CC1)C(=O)Cc1cn2ccsc2n1. The number of carbonyl (C=O) groups is 1. The molecule has 2 aliphatic rings. The lowest BCUT2D eigenvalue weighted by Gasteiger charge is -2.41. The summed E-state index contributed by atoms with van der Waals surface area (Å²) in [6.45, 7) is 8.64. The van der Waals surface area contributed by atoms with E-state index in [9.17, 15) is 4.79 Å². The number of hydrogen-bond donors (Lipinski definition) is 0. The van der Waals surface area contributed by atoms with Crippen LogP contribution < -0.4 is 0 Å². The molecule has 2 fully saturated rings. The minimum Gasteiger partial charge on any atom is -0.342 e. The van der Waals surface area contributed by atoms with E-state index >= 15 is 0 Å². The van der Waals surface area contributed by atoms with Crippen LogP contribution in [0.1, 0.15) is 38.3 Å². The molecule has 0 radical (unpaired) electrons. The monoisotopic (exact) mass is 403 g/mol. The quantitative estimate of drug-likeness (QED) is 0.744. The number of nitrogens with zero attached hydrogens (tertiary/aromatic N) is 5. The second-order valence-electron chi connectivity index (χ2n) is 8.45. The molecule has 7 heteroatoms. The van der Waals surface area contributed by atoms with Gasteiger partial charge in [0.05, 0.1) is 12.1 Å². The molecule has 6 nitrogen and oxygen atoms in total. The third kappa shape index (κ3) is 4.58. The van der Waals surface area contributed by atoms with Crippen molar-refractivity contribution in [2.24, 2.45) is 5.92 Å². The first-order valence-electron chi connectivity index (χ1n) is 10.7. The average Bonchev–Trinajstić information content (AvgIpc) is 3.29. The molecule has 0 aliphatic carbocycles. The van der Waals surface area contributed by atoms with Crippen LogP contribution in [-0.2, 0) is 11.2 Å². The largest absolute Gasteiger partial charge is 0.342 e. The molecule has 0 aromatic carbocycles. The highest BCUT2D eigenvalue weighted by Crippen LogP contribution is 2.24. The maximum Gasteiger partial charge on any atom is 0.228 e. The van der Waals surface area contributed by atoms with Crippen molar-refractivity contribution >= 4 is 22.2 Å². The number of likely N-dealkylation sites (tertiary alicyclic amines) is 2. The molecular weight excluding hydrogens is 370 g/mol. The van der Waals surface area contributed by atoms with Crippen LogP contribution in [0.25, 0.3) is 4.96 Å². The predicted molar refractivity (Wildman–Crippen MR) is 114 cm³/mol. The summed E-state index contributed by atoms with van der Waals surface area (Å²) in [6, 6.07) is 0.774. The van der Waals surface area contributed by atoms with E-state index in [1.807, 2.05) is 27.1 Å². The minimum atomic E-state index is 0.214. The van der Waals surface area contributed by atoms with Crippen molar-refractivity contribution in [3.63, 3.8) is 0 Å². The summed E-state index contributed by atoms with van der Waals surface area (Å²) in [6.07, 6.45) is 9.45. The lowest BCUT2D eigenvalue weighted by atomic mass is 9.93. The highest BCUT2D eigenvalue weighted by atomic mass is 32.1. The molecule has 0 bridgehead atoms. The molecule has 0 spiro atoms. The number of aromatic nitrogens is 2. The van der Waals surface area contributed by atoms with Crippen molar-refractivity contribution in [2.75, 3.05) is 46.3 Å². The highest BCUT2D eigenvalue weighted by molar-refractivity contribution is 7.15. The lowest BCUT2D eigenvalue weighted by Crippen LogP contribution is -2.48. The molecule has 0 unspecified atom stereocenters. The van der Waals surface area contributed by atoms with Gasteiger partial charge in [-0.1, -0.05) is 0 Å². The molecule has 154 valence electrons. The first-order chi connectivity index (χ1) is 13.6. The van der Waals surface area contributed by atoms with E-state index in [2.05, 4.69) is 28.8 Å². The van der Waals surface area contributed by atoms with E-state index < -0.39 is 0 Å². The van der Waals surface area contributed by atoms with E-state index in [4.69, 9.17) is 0 Å². The summed E-state index contributed by atoms with van der Waals surface area (Å²) >= 11 is 1.61. The summed E-state index contributed by atoms with van der Waals surface area (Å²) < 4.78 is 2.00. The fourth-order valence-corrected chi connectivity index (χ4v) is 5.43. The third-order valence-corrected chi connectivity index (χ3v) is 7.31. The van der Waals surface area contributed by atoms with Crippen molar-refractivity contribution in [1.82, 2.24) is 24.1 Å². The molecule has 1 amide bonds. The van der Waals surface area contributed by atoms with Gasteiger partial charge in [-0.25, -0.2) is 4.98 Å². The Morgan fingerprint density at radius 1 is 1.21 bits per heavy atom. The maximum absolute atomic E-state index is 12.8. The van der Waals surface area contributed by atoms with E-state index in [1.54, 1.807) is 11.3 Å². The number of hydrogen-bond acceptors (Lipinski definition) is 5. The number of imidazole rings is 1. The fourth-order valence-electron chi connectivity index (χ4n) is 4.71. The third-order valence-electron chi connectivity index (χ3n) is 6.54. The van der Waals surface area contributed by atoms with Crippen LogP contribution in [0, 0.1) is 5.92 Å². The molecule has 4 rings (SSSR count). The van der Waals surface area contributed by atoms with Gasteiger partial charge in [-0.05, 0) is 71.8 Å². The number of carbonyl (C=O) groups excluding carboxylic acids is 1. The number of fused-ring (bicyclic) bond motifs is 1. The first kappa shape index (κ1) is 19.9. The Morgan fingerprint density at radius 2 is 1.96 bits per heavy atom. The fraction of sp³-hybridized carbons (Fsp3) is 0.714. The van der Waals surface area contributed by atoms with Crippen molar-refractivity contribution in [2.45, 2.75) is 45.1 Å². The van der Waals surface area contributed by atoms with Gasteiger partial charge in [0.2, 0.25) is 5.91 Å². The zero-order valence-electron chi connectivity index (χ0n) is 17.2. The van der Waals surface area contributed by atoms with Gasteiger partial charge >= 0.3 is 0 Å². The summed E-state index contributed by atoms with van der Waals surface area (Å²) in [5, 5.41) is 2.02. The van der Waals surface area contributed by atoms with Gasteiger partial charge in [0, 0.05) is 36.9 Å². The van der Waals surface area contributed by atoms with Crippen molar-refractivity contribution in [3.05, 3.63) is 23.5 Å². The molecule has 2 saturated heterocycles. The summed E-state index contributed by atoms with van der Waals surface area (Å²) in [5.41, 5.74) is 0.882. The molecule has 2 aromatic rings. The zero-order valence-corrected chi connectivity index (χ0v) is 18.0. The number of thiazole rings is 1. The topological polar surface area (TPSA) is 44.1 Å². The molecule has 2 aromatic heterocycles. The number of likely N-dealkylation sites (N-methyl/N-ethyl adjacent to an activating group) is 1. The first-order valence-corrected chi connectivity index (χ1v) is 11.6. The normalized spacial score (nSPS) is 20.8. The molecule has 0 atom stereocenters. The van der Waals surface area contributed by atoms with Crippen molar-refractivity contribution in [1.29, 1.82) is 0 Å². The van der Waals surface area contributed by atoms with Gasteiger partial charge < -0.3 is 14.7 Å². The van der Waals surface area contributed by atoms with Gasteiger partial charge in [0.15, 0.2) is 4.96 Å². The van der Waals surface area contributed by atoms with Crippen molar-refractivity contribution in [3.8, 4) is 0 Å². The molecule has 0 saturated carbocycles. The van der Waals surface area contributed by atoms with Gasteiger partial charge in [0.1, 0.15) is 0 Å². The van der Waals surface area contributed by atoms with Crippen molar-refractivity contribution < 1.29 is 4.79 Å². The van der Waals surface area contributed by atoms with E-state index in [0.717, 1.165) is 29.8 Å². The smallest absolute Gasteiger partial charge is 0.228 e. The number of amides is 1. The molecule has 4 heterocycles. The van der Waals surface area contributed by atoms with Crippen LogP contribution in [-0.4, -0.2) is 82.3 Å². The highest BCUT2D eigenvalue weighted by Gasteiger charge is 2.28. The van der Waals surface area contributed by atoms with Gasteiger partial charge in [0.25, 0.3) is 0 Å². The Morgan fingerprint density at radius 3 is 2.64 bits per heavy atom. The minimum absolute atomic E-state index is 0.214. The van der Waals surface area contributed by atoms with Crippen LogP contribution in [0.2, 0.25) is 0 Å². The standard InChI is InChI=1S/C21H33N5OS/c1-3-24(20(27)14-18-16-26-12-13-28-21(26)22-18)15-17-4-10-25(11-5-17)19-6-8-23(2)9-7-19/h12-13,16-17,19H,3-11,14-15H2,1-2H3. The van der Waals surface area contributed by atoms with Crippen LogP contribution in [0.15, 0.2) is 17.8 Å². The Hall–Kier alpha value is -1.44. The Bertz CT molecular complexity index is 742. The molecule has 0 N–H and O–H groups in total. The van der Waals surface area contributed by atoms with E-state index in [1.165, 1.54) is 51.9 Å². The summed E-state index contributed by atoms with van der Waals surface area (Å²) in [4.78, 5) is 25.6. The number of rotatable bonds is 6. The average molecular weight is 404 g/mol.